The molecule has 0 aliphatic carbocycles. The Morgan fingerprint density at radius 2 is 0.521 bits per heavy atom. The van der Waals surface area contributed by atoms with Crippen molar-refractivity contribution in [2.45, 2.75) is 236 Å². The molecule has 0 N–H and O–H groups in total. The van der Waals surface area contributed by atoms with Crippen LogP contribution in [-0.4, -0.2) is 104 Å². The van der Waals surface area contributed by atoms with Crippen LogP contribution in [0.15, 0.2) is 316 Å². The van der Waals surface area contributed by atoms with Gasteiger partial charge in [-0.1, -0.05) is 300 Å². The summed E-state index contributed by atoms with van der Waals surface area (Å²) < 4.78 is 107. The summed E-state index contributed by atoms with van der Waals surface area (Å²) in [7, 11) is -10.9. The molecule has 4 radical (unpaired) electrons. The number of hydrogen-bond acceptors (Lipinski definition) is 8. The molecule has 0 spiro atoms. The average Bonchev–Trinajstić information content (AvgIpc) is 0.829. The van der Waals surface area contributed by atoms with Crippen LogP contribution in [-0.2, 0) is 93.3 Å². The van der Waals surface area contributed by atoms with Crippen molar-refractivity contribution in [3.05, 3.63) is 387 Å². The fraction of sp³-hybridized carbons (Fsp3) is 0.290. The van der Waals surface area contributed by atoms with Gasteiger partial charge in [-0.05, 0) is 126 Å². The molecule has 0 amide bonds. The van der Waals surface area contributed by atoms with E-state index in [1.54, 1.807) is 24.5 Å². The molecule has 0 aliphatic rings. The number of rotatable bonds is 22. The third kappa shape index (κ3) is 39.7. The van der Waals surface area contributed by atoms with Gasteiger partial charge in [0, 0.05) is 141 Å². The molecule has 0 aliphatic heterocycles. The minimum Gasteiger partial charge on any atom is -0.305 e. The topological polar surface area (TPSA) is 103 Å². The standard InChI is InChI=1S/C18H24NSi.2C17H22NSi.C16H20NSi.4C14H16NSi.4Ir/c1-6-14(2)16-12-17(15-10-8-7-9-11-15)19-13-18(16)20(3,4)5;1-13(2)15-11-16(14-9-7-6-8-10-14)18-12-17(15)19(3,4)5;1-5-9-15-12-16(14-10-7-6-8-11-14)18-13-17(15)19(2,3)4;1-5-13-11-15(14-9-7-6-8-10-14)17-12-16(13)18(2,3)4;4*1-16(2,3)13-9-10-14(15-11-13)12-7-5-4-6-8-12;;;;/h7-10,12-14H,6H2,1-5H3;6-9,11-13H,1-5H3;6-8,10,12-13H,5,9H2,1-4H3;6-9,11-12H,5H2,1-4H3;4*4-7,9-11H,1-3H3;;;;/q8*-1;;;;/i;;;;2*4D,5D,6D,7D;2*4D,5D,6D;;;;. The summed E-state index contributed by atoms with van der Waals surface area (Å²) in [5.74, 6) is 1.12. The Kier molecular flexibility index (Phi) is 42.5. The fourth-order valence-electron chi connectivity index (χ4n) is 14.8. The average molecular weight is 2760 g/mol. The van der Waals surface area contributed by atoms with Crippen LogP contribution in [0.2, 0.25) is 157 Å². The van der Waals surface area contributed by atoms with Crippen molar-refractivity contribution in [3.8, 4) is 90.1 Å². The first-order chi connectivity index (χ1) is 71.9. The van der Waals surface area contributed by atoms with Crippen LogP contribution in [0.3, 0.4) is 0 Å². The van der Waals surface area contributed by atoms with Crippen LogP contribution in [0.1, 0.15) is 108 Å². The van der Waals surface area contributed by atoms with E-state index in [1.165, 1.54) is 88.7 Å². The number of nitrogens with zero attached hydrogens (tertiary/aromatic N) is 8. The summed E-state index contributed by atoms with van der Waals surface area (Å²) in [6.45, 7) is 69.1. The first-order valence-corrected chi connectivity index (χ1v) is 76.6. The Labute approximate surface area is 950 Å². The monoisotopic (exact) mass is 2760 g/mol. The van der Waals surface area contributed by atoms with Gasteiger partial charge in [-0.15, -0.1) is 287 Å². The molecule has 764 valence electrons. The molecule has 144 heavy (non-hydrogen) atoms. The number of aryl methyl sites for hydroxylation is 2. The zero-order valence-corrected chi connectivity index (χ0v) is 107. The quantitative estimate of drug-likeness (QED) is 0.0488. The largest absolute Gasteiger partial charge is 0.305 e. The summed E-state index contributed by atoms with van der Waals surface area (Å²) in [6.07, 6.45) is 20.3. The maximum atomic E-state index is 7.89. The Hall–Kier alpha value is -8.71. The minimum atomic E-state index is -1.43. The first kappa shape index (κ1) is 104. The molecule has 16 aromatic rings. The van der Waals surface area contributed by atoms with E-state index in [1.807, 2.05) is 109 Å². The second-order valence-electron chi connectivity index (χ2n) is 43.3. The van der Waals surface area contributed by atoms with Crippen LogP contribution in [0.5, 0.6) is 0 Å². The van der Waals surface area contributed by atoms with E-state index in [-0.39, 0.29) is 165 Å². The second kappa shape index (κ2) is 58.9. The van der Waals surface area contributed by atoms with E-state index >= 15 is 0 Å². The van der Waals surface area contributed by atoms with Crippen LogP contribution in [0.4, 0.5) is 0 Å². The molecule has 1 atom stereocenters. The summed E-state index contributed by atoms with van der Waals surface area (Å²) in [4.78, 5) is 36.1. The summed E-state index contributed by atoms with van der Waals surface area (Å²) in [5.41, 5.74) is 18.6. The third-order valence-corrected chi connectivity index (χ3v) is 39.7. The molecule has 0 fully saturated rings. The molecule has 0 saturated carbocycles. The van der Waals surface area contributed by atoms with E-state index in [0.29, 0.717) is 56.9 Å². The van der Waals surface area contributed by atoms with E-state index in [2.05, 4.69) is 368 Å². The molecular formula is C124H152Ir4N8Si8-8. The number of pyridine rings is 8. The zero-order chi connectivity index (χ0) is 114. The van der Waals surface area contributed by atoms with Crippen LogP contribution < -0.4 is 41.5 Å². The van der Waals surface area contributed by atoms with Crippen molar-refractivity contribution in [3.63, 3.8) is 0 Å². The molecule has 16 rings (SSSR count). The normalized spacial score (nSPS) is 12.8. The van der Waals surface area contributed by atoms with Gasteiger partial charge in [-0.2, -0.15) is 0 Å². The fourth-order valence-corrected chi connectivity index (χ4v) is 25.5. The van der Waals surface area contributed by atoms with Crippen molar-refractivity contribution >= 4 is 106 Å². The number of benzene rings is 8. The van der Waals surface area contributed by atoms with E-state index in [9.17, 15) is 0 Å². The van der Waals surface area contributed by atoms with Gasteiger partial charge in [0.1, 0.15) is 0 Å². The molecule has 8 aromatic carbocycles. The van der Waals surface area contributed by atoms with Gasteiger partial charge in [-0.3, -0.25) is 0 Å². The second-order valence-corrected chi connectivity index (χ2v) is 83.8. The summed E-state index contributed by atoms with van der Waals surface area (Å²) >= 11 is 0. The van der Waals surface area contributed by atoms with E-state index in [0.717, 1.165) is 57.9 Å². The molecule has 0 saturated heterocycles. The van der Waals surface area contributed by atoms with Gasteiger partial charge >= 0.3 is 0 Å². The van der Waals surface area contributed by atoms with Crippen molar-refractivity contribution in [1.82, 2.24) is 39.9 Å². The van der Waals surface area contributed by atoms with E-state index < -0.39 is 64.6 Å². The minimum absolute atomic E-state index is 0. The molecular weight excluding hydrogens is 2590 g/mol. The molecule has 8 heterocycles. The molecule has 1 unspecified atom stereocenters. The SMILES string of the molecule is CC(C)c1cc(-c2[c-]cccc2)ncc1[Si](C)(C)C.CCC(C)c1cc(-c2[c-]cccc2)ncc1[Si](C)(C)C.CCCc1cc(-c2[c-]cccc2)ncc1[Si](C)(C)C.CCc1cc(-c2[c-]cccc2)ncc1[Si](C)(C)C.[2H]c1[c-]c(-c2ccc([Si](C)(C)C)cn2)c([2H])c([2H])c1[2H].[2H]c1[c-]c(-c2ccc([Si](C)(C)C)cn2)c([2H])c([2H])c1[2H].[2H]c1[c-]c(-c2ccc([Si](C)(C)C)cn2)cc([2H])c1[2H].[2H]c1[c-]c(-c2ccc([Si](C)(C)C)cn2)cc([2H])c1[2H].[Ir].[Ir].[Ir].[Ir]. The van der Waals surface area contributed by atoms with Crippen LogP contribution in [0, 0.1) is 48.5 Å². The Morgan fingerprint density at radius 3 is 0.785 bits per heavy atom. The van der Waals surface area contributed by atoms with Crippen LogP contribution >= 0.6 is 0 Å². The van der Waals surface area contributed by atoms with Crippen molar-refractivity contribution < 1.29 is 99.6 Å². The van der Waals surface area contributed by atoms with Gasteiger partial charge < -0.3 is 39.9 Å². The maximum absolute atomic E-state index is 7.89. The third-order valence-electron chi connectivity index (χ3n) is 23.4. The van der Waals surface area contributed by atoms with Crippen molar-refractivity contribution in [2.24, 2.45) is 0 Å². The maximum Gasteiger partial charge on any atom is 0.0799 e. The Morgan fingerprint density at radius 1 is 0.257 bits per heavy atom. The molecule has 20 heteroatoms. The number of aromatic nitrogens is 8. The summed E-state index contributed by atoms with van der Waals surface area (Å²) in [5, 5.41) is 10.9. The molecule has 0 bridgehead atoms. The van der Waals surface area contributed by atoms with Gasteiger partial charge in [0.05, 0.1) is 64.6 Å². The zero-order valence-electron chi connectivity index (χ0n) is 104. The number of hydrogen-bond donors (Lipinski definition) is 0. The predicted octanol–water partition coefficient (Wildman–Crippen LogP) is 28.9. The smallest absolute Gasteiger partial charge is 0.0799 e. The summed E-state index contributed by atoms with van der Waals surface area (Å²) in [6, 6.07) is 82.0. The van der Waals surface area contributed by atoms with Gasteiger partial charge in [0.2, 0.25) is 0 Å². The predicted molar refractivity (Wildman–Crippen MR) is 628 cm³/mol. The first-order valence-electron chi connectivity index (χ1n) is 55.6. The molecule has 8 aromatic heterocycles. The van der Waals surface area contributed by atoms with Crippen LogP contribution in [0.25, 0.3) is 90.1 Å². The van der Waals surface area contributed by atoms with E-state index in [4.69, 9.17) is 24.2 Å². The molecule has 8 nitrogen and oxygen atoms in total. The van der Waals surface area contributed by atoms with Gasteiger partial charge in [0.15, 0.2) is 0 Å². The van der Waals surface area contributed by atoms with Crippen molar-refractivity contribution in [1.29, 1.82) is 0 Å². The van der Waals surface area contributed by atoms with Gasteiger partial charge in [-0.25, -0.2) is 0 Å². The van der Waals surface area contributed by atoms with Crippen molar-refractivity contribution in [2.75, 3.05) is 0 Å². The Balaban J connectivity index is 0.000000315. The Bertz CT molecular complexity index is 7070. The van der Waals surface area contributed by atoms with Gasteiger partial charge in [0.25, 0.3) is 0 Å².